The van der Waals surface area contributed by atoms with Crippen LogP contribution in [0.25, 0.3) is 0 Å². The molecule has 1 aromatic heterocycles. The highest BCUT2D eigenvalue weighted by atomic mass is 32.2. The second-order valence-electron chi connectivity index (χ2n) is 6.74. The number of thioether (sulfide) groups is 1. The molecule has 1 aromatic rings. The van der Waals surface area contributed by atoms with Gasteiger partial charge >= 0.3 is 0 Å². The largest absolute Gasteiger partial charge is 0.356 e. The maximum Gasteiger partial charge on any atom is 0.194 e. The van der Waals surface area contributed by atoms with E-state index in [1.54, 1.807) is 0 Å². The summed E-state index contributed by atoms with van der Waals surface area (Å²) in [4.78, 5) is 7.27. The smallest absolute Gasteiger partial charge is 0.194 e. The molecule has 1 atom stereocenters. The molecule has 7 heteroatoms. The number of unbranched alkanes of at least 4 members (excludes halogenated alkanes) is 1. The Balaban J connectivity index is 2.08. The van der Waals surface area contributed by atoms with Gasteiger partial charge in [-0.3, -0.25) is 0 Å². The zero-order valence-electron chi connectivity index (χ0n) is 15.7. The van der Waals surface area contributed by atoms with Gasteiger partial charge in [0.1, 0.15) is 12.4 Å². The molecule has 1 aliphatic rings. The van der Waals surface area contributed by atoms with Gasteiger partial charge in [-0.1, -0.05) is 27.2 Å². The molecule has 0 saturated carbocycles. The molecule has 0 aliphatic carbocycles. The summed E-state index contributed by atoms with van der Waals surface area (Å²) in [6.45, 7) is 12.5. The van der Waals surface area contributed by atoms with Crippen molar-refractivity contribution < 1.29 is 0 Å². The zero-order valence-corrected chi connectivity index (χ0v) is 16.6. The fraction of sp³-hybridized carbons (Fsp3) is 0.824. The molecular formula is C17H32N6S. The maximum atomic E-state index is 4.86. The normalized spacial score (nSPS) is 19.2. The van der Waals surface area contributed by atoms with Crippen molar-refractivity contribution in [2.75, 3.05) is 25.4 Å². The third kappa shape index (κ3) is 5.13. The van der Waals surface area contributed by atoms with Crippen LogP contribution in [-0.2, 0) is 13.6 Å². The average Bonchev–Trinajstić information content (AvgIpc) is 2.90. The summed E-state index contributed by atoms with van der Waals surface area (Å²) in [5, 5.41) is 12.6. The van der Waals surface area contributed by atoms with Crippen LogP contribution in [0.15, 0.2) is 4.99 Å². The van der Waals surface area contributed by atoms with E-state index >= 15 is 0 Å². The number of aromatic nitrogens is 3. The third-order valence-electron chi connectivity index (χ3n) is 4.50. The van der Waals surface area contributed by atoms with Crippen molar-refractivity contribution in [3.63, 3.8) is 0 Å². The molecule has 136 valence electrons. The maximum absolute atomic E-state index is 4.86. The van der Waals surface area contributed by atoms with E-state index in [9.17, 15) is 0 Å². The lowest BCUT2D eigenvalue weighted by molar-refractivity contribution is 0.379. The van der Waals surface area contributed by atoms with E-state index in [0.717, 1.165) is 43.7 Å². The molecule has 24 heavy (non-hydrogen) atoms. The van der Waals surface area contributed by atoms with E-state index in [-0.39, 0.29) is 0 Å². The van der Waals surface area contributed by atoms with E-state index in [2.05, 4.69) is 52.9 Å². The molecule has 1 fully saturated rings. The number of nitrogens with zero attached hydrogens (tertiary/aromatic N) is 5. The Hall–Kier alpha value is -1.24. The number of aliphatic imine (C=N–C) groups is 1. The standard InChI is InChI=1S/C17H32N6S/c1-6-7-8-18-17(19-11-16-21-20-14(4)22(16)5)23-9-10-24-15(12-23)13(2)3/h13,15H,6-12H2,1-5H3,(H,18,19). The molecule has 1 aliphatic heterocycles. The molecule has 1 unspecified atom stereocenters. The summed E-state index contributed by atoms with van der Waals surface area (Å²) in [6, 6.07) is 0. The van der Waals surface area contributed by atoms with Crippen molar-refractivity contribution in [1.82, 2.24) is 25.0 Å². The van der Waals surface area contributed by atoms with Crippen molar-refractivity contribution >= 4 is 17.7 Å². The number of hydrogen-bond acceptors (Lipinski definition) is 4. The molecular weight excluding hydrogens is 320 g/mol. The van der Waals surface area contributed by atoms with Crippen LogP contribution < -0.4 is 5.32 Å². The monoisotopic (exact) mass is 352 g/mol. The van der Waals surface area contributed by atoms with Gasteiger partial charge < -0.3 is 14.8 Å². The second kappa shape index (κ2) is 9.30. The highest BCUT2D eigenvalue weighted by Gasteiger charge is 2.25. The summed E-state index contributed by atoms with van der Waals surface area (Å²) < 4.78 is 2.01. The van der Waals surface area contributed by atoms with Crippen LogP contribution in [0.2, 0.25) is 0 Å². The molecule has 2 rings (SSSR count). The minimum atomic E-state index is 0.571. The summed E-state index contributed by atoms with van der Waals surface area (Å²) in [6.07, 6.45) is 2.35. The Morgan fingerprint density at radius 2 is 2.21 bits per heavy atom. The SMILES string of the molecule is CCCCNC(=NCc1nnc(C)n1C)N1CCSC(C(C)C)C1. The summed E-state index contributed by atoms with van der Waals surface area (Å²) in [7, 11) is 2.00. The first-order valence-corrected chi connectivity index (χ1v) is 10.1. The fourth-order valence-electron chi connectivity index (χ4n) is 2.65. The topological polar surface area (TPSA) is 58.3 Å². The van der Waals surface area contributed by atoms with Crippen LogP contribution in [0.3, 0.4) is 0 Å². The number of nitrogens with one attached hydrogen (secondary N) is 1. The molecule has 0 amide bonds. The Labute approximate surface area is 150 Å². The highest BCUT2D eigenvalue weighted by Crippen LogP contribution is 2.24. The van der Waals surface area contributed by atoms with E-state index in [1.807, 2.05) is 18.5 Å². The molecule has 0 radical (unpaired) electrons. The van der Waals surface area contributed by atoms with Gasteiger partial charge in [-0.25, -0.2) is 4.99 Å². The first kappa shape index (κ1) is 19.1. The Kier molecular flexibility index (Phi) is 7.40. The second-order valence-corrected chi connectivity index (χ2v) is 8.09. The van der Waals surface area contributed by atoms with Crippen molar-refractivity contribution in [3.05, 3.63) is 11.6 Å². The first-order chi connectivity index (χ1) is 11.5. The molecule has 0 bridgehead atoms. The highest BCUT2D eigenvalue weighted by molar-refractivity contribution is 8.00. The summed E-state index contributed by atoms with van der Waals surface area (Å²) in [5.41, 5.74) is 0. The van der Waals surface area contributed by atoms with Gasteiger partial charge in [0.2, 0.25) is 0 Å². The summed E-state index contributed by atoms with van der Waals surface area (Å²) >= 11 is 2.09. The van der Waals surface area contributed by atoms with Crippen LogP contribution >= 0.6 is 11.8 Å². The Morgan fingerprint density at radius 3 is 2.83 bits per heavy atom. The van der Waals surface area contributed by atoms with E-state index in [0.29, 0.717) is 17.7 Å². The molecule has 0 aromatic carbocycles. The van der Waals surface area contributed by atoms with Crippen molar-refractivity contribution in [2.24, 2.45) is 18.0 Å². The Morgan fingerprint density at radius 1 is 1.42 bits per heavy atom. The molecule has 2 heterocycles. The van der Waals surface area contributed by atoms with Crippen LogP contribution in [0.1, 0.15) is 45.3 Å². The molecule has 1 N–H and O–H groups in total. The predicted octanol–water partition coefficient (Wildman–Crippen LogP) is 2.44. The minimum absolute atomic E-state index is 0.571. The van der Waals surface area contributed by atoms with E-state index in [1.165, 1.54) is 12.2 Å². The van der Waals surface area contributed by atoms with Gasteiger partial charge in [-0.15, -0.1) is 10.2 Å². The van der Waals surface area contributed by atoms with Crippen molar-refractivity contribution in [1.29, 1.82) is 0 Å². The van der Waals surface area contributed by atoms with Gasteiger partial charge in [0, 0.05) is 37.7 Å². The average molecular weight is 353 g/mol. The van der Waals surface area contributed by atoms with Gasteiger partial charge in [-0.05, 0) is 19.3 Å². The van der Waals surface area contributed by atoms with Gasteiger partial charge in [0.05, 0.1) is 0 Å². The van der Waals surface area contributed by atoms with E-state index in [4.69, 9.17) is 4.99 Å². The van der Waals surface area contributed by atoms with Crippen LogP contribution in [0.4, 0.5) is 0 Å². The molecule has 6 nitrogen and oxygen atoms in total. The van der Waals surface area contributed by atoms with Crippen molar-refractivity contribution in [2.45, 2.75) is 52.3 Å². The zero-order chi connectivity index (χ0) is 17.5. The van der Waals surface area contributed by atoms with Crippen molar-refractivity contribution in [3.8, 4) is 0 Å². The predicted molar refractivity (Wildman–Crippen MR) is 102 cm³/mol. The number of hydrogen-bond donors (Lipinski definition) is 1. The number of aryl methyl sites for hydroxylation is 1. The van der Waals surface area contributed by atoms with Gasteiger partial charge in [0.25, 0.3) is 0 Å². The lowest BCUT2D eigenvalue weighted by Gasteiger charge is -2.36. The van der Waals surface area contributed by atoms with Crippen LogP contribution in [-0.4, -0.2) is 56.3 Å². The lowest BCUT2D eigenvalue weighted by atomic mass is 10.1. The van der Waals surface area contributed by atoms with Gasteiger partial charge in [0.15, 0.2) is 11.8 Å². The van der Waals surface area contributed by atoms with Crippen LogP contribution in [0, 0.1) is 12.8 Å². The Bertz CT molecular complexity index is 539. The van der Waals surface area contributed by atoms with Crippen LogP contribution in [0.5, 0.6) is 0 Å². The third-order valence-corrected chi connectivity index (χ3v) is 6.04. The quantitative estimate of drug-likeness (QED) is 0.484. The number of rotatable bonds is 6. The minimum Gasteiger partial charge on any atom is -0.356 e. The first-order valence-electron chi connectivity index (χ1n) is 9.02. The number of guanidine groups is 1. The van der Waals surface area contributed by atoms with Gasteiger partial charge in [-0.2, -0.15) is 11.8 Å². The molecule has 0 spiro atoms. The molecule has 1 saturated heterocycles. The lowest BCUT2D eigenvalue weighted by Crippen LogP contribution is -2.49. The summed E-state index contributed by atoms with van der Waals surface area (Å²) in [5.74, 6) is 4.72. The van der Waals surface area contributed by atoms with E-state index < -0.39 is 0 Å². The fourth-order valence-corrected chi connectivity index (χ4v) is 3.95.